The normalized spacial score (nSPS) is 24.5. The number of imide groups is 1. The lowest BCUT2D eigenvalue weighted by Crippen LogP contribution is -2.54. The minimum absolute atomic E-state index is 0.0681. The molecule has 1 spiro atoms. The number of benzene rings is 1. The molecule has 2 N–H and O–H groups in total. The first-order valence-corrected chi connectivity index (χ1v) is 9.47. The van der Waals surface area contributed by atoms with E-state index in [2.05, 4.69) is 5.32 Å². The predicted octanol–water partition coefficient (Wildman–Crippen LogP) is 4.16. The molecular weight excluding hydrogens is 432 g/mol. The molecule has 31 heavy (non-hydrogen) atoms. The Balaban J connectivity index is 1.79. The molecular formula is C19H19F6N3O3. The highest BCUT2D eigenvalue weighted by Gasteiger charge is 2.55. The summed E-state index contributed by atoms with van der Waals surface area (Å²) in [5.41, 5.74) is -5.08. The van der Waals surface area contributed by atoms with Crippen molar-refractivity contribution in [1.29, 1.82) is 0 Å². The molecule has 2 fully saturated rings. The van der Waals surface area contributed by atoms with Gasteiger partial charge in [0.15, 0.2) is 0 Å². The quantitative estimate of drug-likeness (QED) is 0.535. The van der Waals surface area contributed by atoms with E-state index in [9.17, 15) is 40.7 Å². The predicted molar refractivity (Wildman–Crippen MR) is 95.7 cm³/mol. The lowest BCUT2D eigenvalue weighted by molar-refractivity contribution is -0.143. The van der Waals surface area contributed by atoms with Crippen molar-refractivity contribution >= 4 is 23.5 Å². The Labute approximate surface area is 173 Å². The summed E-state index contributed by atoms with van der Waals surface area (Å²) in [5.74, 6) is -1.90. The van der Waals surface area contributed by atoms with E-state index in [-0.39, 0.29) is 12.0 Å². The van der Waals surface area contributed by atoms with E-state index < -0.39 is 59.1 Å². The molecule has 1 aromatic carbocycles. The number of carbonyl (C=O) groups excluding carboxylic acids is 3. The van der Waals surface area contributed by atoms with Crippen LogP contribution in [0.15, 0.2) is 18.2 Å². The molecule has 4 amide bonds. The largest absolute Gasteiger partial charge is 0.416 e. The van der Waals surface area contributed by atoms with Crippen LogP contribution in [-0.2, 0) is 21.9 Å². The third-order valence-corrected chi connectivity index (χ3v) is 5.67. The first kappa shape index (κ1) is 22.9. The first-order chi connectivity index (χ1) is 14.2. The fourth-order valence-corrected chi connectivity index (χ4v) is 4.01. The minimum atomic E-state index is -5.07. The molecule has 0 unspecified atom stereocenters. The van der Waals surface area contributed by atoms with E-state index in [1.165, 1.54) is 0 Å². The van der Waals surface area contributed by atoms with Crippen LogP contribution in [0.5, 0.6) is 0 Å². The molecule has 0 radical (unpaired) electrons. The summed E-state index contributed by atoms with van der Waals surface area (Å²) in [7, 11) is 0. The lowest BCUT2D eigenvalue weighted by atomic mass is 9.73. The molecule has 1 aliphatic carbocycles. The van der Waals surface area contributed by atoms with Crippen LogP contribution >= 0.6 is 0 Å². The highest BCUT2D eigenvalue weighted by Crippen LogP contribution is 2.39. The van der Waals surface area contributed by atoms with Crippen LogP contribution in [0.3, 0.4) is 0 Å². The fourth-order valence-electron chi connectivity index (χ4n) is 4.01. The molecule has 2 aliphatic rings. The highest BCUT2D eigenvalue weighted by molar-refractivity contribution is 6.10. The molecule has 1 aromatic rings. The SMILES string of the molecule is C[C@H]1CCCC[C@]12NC(=O)N(CC(=O)Nc1cc(C(F)(F)F)cc(C(F)(F)F)c1)C2=O. The maximum absolute atomic E-state index is 13.0. The smallest absolute Gasteiger partial charge is 0.325 e. The van der Waals surface area contributed by atoms with Crippen molar-refractivity contribution in [3.8, 4) is 0 Å². The number of halogens is 6. The van der Waals surface area contributed by atoms with Gasteiger partial charge >= 0.3 is 18.4 Å². The Morgan fingerprint density at radius 1 is 1.10 bits per heavy atom. The number of rotatable bonds is 3. The van der Waals surface area contributed by atoms with Gasteiger partial charge in [-0.1, -0.05) is 19.8 Å². The topological polar surface area (TPSA) is 78.5 Å². The van der Waals surface area contributed by atoms with Gasteiger partial charge in [-0.3, -0.25) is 14.5 Å². The number of hydrogen-bond acceptors (Lipinski definition) is 3. The molecule has 6 nitrogen and oxygen atoms in total. The molecule has 1 saturated heterocycles. The summed E-state index contributed by atoms with van der Waals surface area (Å²) in [5, 5.41) is 4.53. The van der Waals surface area contributed by atoms with Crippen molar-refractivity contribution < 1.29 is 40.7 Å². The van der Waals surface area contributed by atoms with Gasteiger partial charge in [0.2, 0.25) is 5.91 Å². The molecule has 2 atom stereocenters. The first-order valence-electron chi connectivity index (χ1n) is 9.47. The Hall–Kier alpha value is -2.79. The molecule has 0 aromatic heterocycles. The number of anilines is 1. The molecule has 1 aliphatic heterocycles. The van der Waals surface area contributed by atoms with Crippen LogP contribution in [0.25, 0.3) is 0 Å². The Kier molecular flexibility index (Phi) is 5.70. The molecule has 1 saturated carbocycles. The van der Waals surface area contributed by atoms with E-state index in [1.807, 2.05) is 5.32 Å². The van der Waals surface area contributed by atoms with Crippen molar-refractivity contribution in [1.82, 2.24) is 10.2 Å². The standard InChI is InChI=1S/C19H19F6N3O3/c1-10-4-2-3-5-17(10)15(30)28(16(31)27-17)9-14(29)26-13-7-11(18(20,21)22)6-12(8-13)19(23,24)25/h6-8,10H,2-5,9H2,1H3,(H,26,29)(H,27,31)/t10-,17-/m0/s1. The molecule has 12 heteroatoms. The van der Waals surface area contributed by atoms with Crippen LogP contribution in [0.1, 0.15) is 43.7 Å². The lowest BCUT2D eigenvalue weighted by Gasteiger charge is -2.36. The number of nitrogens with zero attached hydrogens (tertiary/aromatic N) is 1. The van der Waals surface area contributed by atoms with Gasteiger partial charge in [-0.2, -0.15) is 26.3 Å². The Morgan fingerprint density at radius 3 is 2.19 bits per heavy atom. The van der Waals surface area contributed by atoms with Crippen LogP contribution < -0.4 is 10.6 Å². The summed E-state index contributed by atoms with van der Waals surface area (Å²) >= 11 is 0. The number of amides is 4. The molecule has 3 rings (SSSR count). The molecule has 1 heterocycles. The molecule has 0 bridgehead atoms. The third kappa shape index (κ3) is 4.47. The van der Waals surface area contributed by atoms with Crippen LogP contribution in [0, 0.1) is 5.92 Å². The van der Waals surface area contributed by atoms with Gasteiger partial charge < -0.3 is 10.6 Å². The Morgan fingerprint density at radius 2 is 1.68 bits per heavy atom. The van der Waals surface area contributed by atoms with Gasteiger partial charge in [0.25, 0.3) is 5.91 Å². The number of carbonyl (C=O) groups is 3. The van der Waals surface area contributed by atoms with E-state index in [0.29, 0.717) is 36.3 Å². The van der Waals surface area contributed by atoms with Gasteiger partial charge in [0, 0.05) is 5.69 Å². The van der Waals surface area contributed by atoms with Crippen LogP contribution in [0.2, 0.25) is 0 Å². The van der Waals surface area contributed by atoms with Gasteiger partial charge in [0.1, 0.15) is 12.1 Å². The summed E-state index contributed by atoms with van der Waals surface area (Å²) in [6.45, 7) is 0.957. The second kappa shape index (κ2) is 7.72. The second-order valence-corrected chi connectivity index (χ2v) is 7.78. The molecule has 170 valence electrons. The average molecular weight is 451 g/mol. The van der Waals surface area contributed by atoms with Gasteiger partial charge in [0.05, 0.1) is 11.1 Å². The summed E-state index contributed by atoms with van der Waals surface area (Å²) in [6, 6.07) is -0.191. The van der Waals surface area contributed by atoms with E-state index in [0.717, 1.165) is 6.42 Å². The highest BCUT2D eigenvalue weighted by atomic mass is 19.4. The van der Waals surface area contributed by atoms with Crippen LogP contribution in [0.4, 0.5) is 36.8 Å². The number of alkyl halides is 6. The van der Waals surface area contributed by atoms with Crippen LogP contribution in [-0.4, -0.2) is 34.8 Å². The average Bonchev–Trinajstić information content (AvgIpc) is 2.87. The van der Waals surface area contributed by atoms with E-state index in [4.69, 9.17) is 0 Å². The fraction of sp³-hybridized carbons (Fsp3) is 0.526. The second-order valence-electron chi connectivity index (χ2n) is 7.78. The monoisotopic (exact) mass is 451 g/mol. The minimum Gasteiger partial charge on any atom is -0.325 e. The summed E-state index contributed by atoms with van der Waals surface area (Å²) in [6.07, 6.45) is -7.50. The van der Waals surface area contributed by atoms with Gasteiger partial charge in [-0.25, -0.2) is 4.79 Å². The van der Waals surface area contributed by atoms with Crippen molar-refractivity contribution in [3.63, 3.8) is 0 Å². The van der Waals surface area contributed by atoms with Crippen molar-refractivity contribution in [2.24, 2.45) is 5.92 Å². The zero-order valence-electron chi connectivity index (χ0n) is 16.3. The van der Waals surface area contributed by atoms with Gasteiger partial charge in [-0.05, 0) is 37.0 Å². The third-order valence-electron chi connectivity index (χ3n) is 5.67. The van der Waals surface area contributed by atoms with E-state index in [1.54, 1.807) is 6.92 Å². The zero-order chi connectivity index (χ0) is 23.2. The van der Waals surface area contributed by atoms with Crippen molar-refractivity contribution in [2.75, 3.05) is 11.9 Å². The number of nitrogens with one attached hydrogen (secondary N) is 2. The summed E-state index contributed by atoms with van der Waals surface area (Å²) in [4.78, 5) is 38.0. The maximum Gasteiger partial charge on any atom is 0.416 e. The van der Waals surface area contributed by atoms with Crippen molar-refractivity contribution in [2.45, 2.75) is 50.5 Å². The maximum atomic E-state index is 13.0. The Bertz CT molecular complexity index is 882. The number of hydrogen-bond donors (Lipinski definition) is 2. The summed E-state index contributed by atoms with van der Waals surface area (Å²) < 4.78 is 77.7. The number of urea groups is 1. The zero-order valence-corrected chi connectivity index (χ0v) is 16.3. The van der Waals surface area contributed by atoms with E-state index >= 15 is 0 Å². The van der Waals surface area contributed by atoms with Crippen molar-refractivity contribution in [3.05, 3.63) is 29.3 Å². The van der Waals surface area contributed by atoms with Gasteiger partial charge in [-0.15, -0.1) is 0 Å².